The summed E-state index contributed by atoms with van der Waals surface area (Å²) in [4.78, 5) is 13.5. The summed E-state index contributed by atoms with van der Waals surface area (Å²) in [6.45, 7) is 2.67. The van der Waals surface area contributed by atoms with Gasteiger partial charge in [-0.1, -0.05) is 54.6 Å². The quantitative estimate of drug-likeness (QED) is 0.549. The monoisotopic (exact) mass is 478 g/mol. The second kappa shape index (κ2) is 10.4. The number of sulfonamides is 1. The largest absolute Gasteiger partial charge is 0.497 e. The highest BCUT2D eigenvalue weighted by atomic mass is 32.2. The third kappa shape index (κ3) is 5.16. The Morgan fingerprint density at radius 1 is 0.941 bits per heavy atom. The lowest BCUT2D eigenvalue weighted by molar-refractivity contribution is -0.126. The molecule has 3 aromatic carbocycles. The summed E-state index contributed by atoms with van der Waals surface area (Å²) >= 11 is 0. The van der Waals surface area contributed by atoms with E-state index >= 15 is 0 Å². The molecule has 1 atom stereocenters. The Morgan fingerprint density at radius 2 is 1.56 bits per heavy atom. The van der Waals surface area contributed by atoms with Gasteiger partial charge in [-0.25, -0.2) is 8.42 Å². The van der Waals surface area contributed by atoms with Crippen LogP contribution < -0.4 is 10.1 Å². The van der Waals surface area contributed by atoms with Gasteiger partial charge in [0.25, 0.3) is 0 Å². The van der Waals surface area contributed by atoms with E-state index in [-0.39, 0.29) is 22.8 Å². The van der Waals surface area contributed by atoms with Crippen molar-refractivity contribution in [3.63, 3.8) is 0 Å². The number of nitrogens with one attached hydrogen (secondary N) is 1. The third-order valence-corrected chi connectivity index (χ3v) is 8.35. The molecule has 34 heavy (non-hydrogen) atoms. The predicted octanol–water partition coefficient (Wildman–Crippen LogP) is 4.31. The molecule has 1 saturated heterocycles. The SMILES string of the molecule is COc1ccc(S(=O)(=O)N2CCC(C(=O)NC(c3ccccc3)c3ccccc3C)CC2)cc1. The van der Waals surface area contributed by atoms with Crippen LogP contribution in [0.5, 0.6) is 5.75 Å². The number of ether oxygens (including phenoxy) is 1. The molecule has 0 radical (unpaired) electrons. The Morgan fingerprint density at radius 3 is 2.18 bits per heavy atom. The van der Waals surface area contributed by atoms with Gasteiger partial charge in [-0.2, -0.15) is 4.31 Å². The molecule has 1 aliphatic heterocycles. The predicted molar refractivity (Wildman–Crippen MR) is 132 cm³/mol. The molecule has 1 aliphatic rings. The minimum Gasteiger partial charge on any atom is -0.497 e. The van der Waals surface area contributed by atoms with Crippen LogP contribution in [0.1, 0.15) is 35.6 Å². The Bertz CT molecular complexity index is 1220. The van der Waals surface area contributed by atoms with Gasteiger partial charge >= 0.3 is 0 Å². The van der Waals surface area contributed by atoms with Crippen molar-refractivity contribution < 1.29 is 17.9 Å². The zero-order chi connectivity index (χ0) is 24.1. The van der Waals surface area contributed by atoms with Crippen LogP contribution in [0.4, 0.5) is 0 Å². The van der Waals surface area contributed by atoms with Crippen molar-refractivity contribution in [2.45, 2.75) is 30.7 Å². The van der Waals surface area contributed by atoms with Gasteiger partial charge in [-0.05, 0) is 60.7 Å². The van der Waals surface area contributed by atoms with Crippen molar-refractivity contribution >= 4 is 15.9 Å². The summed E-state index contributed by atoms with van der Waals surface area (Å²) < 4.78 is 32.7. The lowest BCUT2D eigenvalue weighted by atomic mass is 9.92. The Balaban J connectivity index is 1.45. The van der Waals surface area contributed by atoms with Gasteiger partial charge in [0.05, 0.1) is 18.0 Å². The fraction of sp³-hybridized carbons (Fsp3) is 0.296. The molecule has 6 nitrogen and oxygen atoms in total. The van der Waals surface area contributed by atoms with Crippen LogP contribution in [-0.2, 0) is 14.8 Å². The molecule has 1 fully saturated rings. The van der Waals surface area contributed by atoms with E-state index in [1.807, 2.05) is 61.5 Å². The lowest BCUT2D eigenvalue weighted by Gasteiger charge is -2.32. The number of rotatable bonds is 7. The van der Waals surface area contributed by atoms with E-state index in [9.17, 15) is 13.2 Å². The van der Waals surface area contributed by atoms with Crippen LogP contribution in [0.15, 0.2) is 83.8 Å². The van der Waals surface area contributed by atoms with Crippen molar-refractivity contribution in [2.24, 2.45) is 5.92 Å². The summed E-state index contributed by atoms with van der Waals surface area (Å²) in [5.74, 6) is 0.326. The minimum absolute atomic E-state index is 0.0430. The van der Waals surface area contributed by atoms with Gasteiger partial charge in [0.15, 0.2) is 0 Å². The van der Waals surface area contributed by atoms with Gasteiger partial charge in [0, 0.05) is 19.0 Å². The van der Waals surface area contributed by atoms with Crippen molar-refractivity contribution in [1.82, 2.24) is 9.62 Å². The number of carbonyl (C=O) groups is 1. The molecular weight excluding hydrogens is 448 g/mol. The van der Waals surface area contributed by atoms with Crippen LogP contribution in [0.25, 0.3) is 0 Å². The summed E-state index contributed by atoms with van der Waals surface area (Å²) in [5, 5.41) is 3.24. The Labute approximate surface area is 201 Å². The highest BCUT2D eigenvalue weighted by Crippen LogP contribution is 2.28. The van der Waals surface area contributed by atoms with Gasteiger partial charge < -0.3 is 10.1 Å². The molecule has 1 N–H and O–H groups in total. The molecule has 7 heteroatoms. The number of benzene rings is 3. The molecule has 0 aromatic heterocycles. The second-order valence-electron chi connectivity index (χ2n) is 8.56. The molecule has 178 valence electrons. The molecule has 0 saturated carbocycles. The third-order valence-electron chi connectivity index (χ3n) is 6.44. The molecule has 0 spiro atoms. The van der Waals surface area contributed by atoms with Crippen LogP contribution in [0.3, 0.4) is 0 Å². The first-order valence-electron chi connectivity index (χ1n) is 11.4. The second-order valence-corrected chi connectivity index (χ2v) is 10.5. The molecule has 1 amide bonds. The van der Waals surface area contributed by atoms with Gasteiger partial charge in [-0.15, -0.1) is 0 Å². The summed E-state index contributed by atoms with van der Waals surface area (Å²) in [7, 11) is -2.06. The number of amides is 1. The van der Waals surface area contributed by atoms with Crippen molar-refractivity contribution in [1.29, 1.82) is 0 Å². The van der Waals surface area contributed by atoms with Crippen LogP contribution >= 0.6 is 0 Å². The molecular formula is C27H30N2O4S. The number of nitrogens with zero attached hydrogens (tertiary/aromatic N) is 1. The van der Waals surface area contributed by atoms with E-state index in [4.69, 9.17) is 4.74 Å². The van der Waals surface area contributed by atoms with Crippen molar-refractivity contribution in [3.05, 3.63) is 95.6 Å². The van der Waals surface area contributed by atoms with Crippen LogP contribution in [-0.4, -0.2) is 38.8 Å². The number of carbonyl (C=O) groups excluding carboxylic acids is 1. The zero-order valence-corrected chi connectivity index (χ0v) is 20.3. The van der Waals surface area contributed by atoms with E-state index < -0.39 is 10.0 Å². The maximum absolute atomic E-state index is 13.3. The fourth-order valence-corrected chi connectivity index (χ4v) is 5.88. The average Bonchev–Trinajstić information content (AvgIpc) is 2.88. The standard InChI is InChI=1S/C27H30N2O4S/c1-20-8-6-7-11-25(20)26(21-9-4-3-5-10-21)28-27(30)22-16-18-29(19-17-22)34(31,32)24-14-12-23(33-2)13-15-24/h3-15,22,26H,16-19H2,1-2H3,(H,28,30). The highest BCUT2D eigenvalue weighted by molar-refractivity contribution is 7.89. The minimum atomic E-state index is -3.60. The molecule has 1 heterocycles. The average molecular weight is 479 g/mol. The fourth-order valence-electron chi connectivity index (χ4n) is 4.41. The molecule has 4 rings (SSSR count). The first kappa shape index (κ1) is 24.0. The van der Waals surface area contributed by atoms with E-state index in [0.29, 0.717) is 31.7 Å². The molecule has 1 unspecified atom stereocenters. The number of hydrogen-bond acceptors (Lipinski definition) is 4. The van der Waals surface area contributed by atoms with Crippen molar-refractivity contribution in [3.8, 4) is 5.75 Å². The first-order chi connectivity index (χ1) is 16.4. The van der Waals surface area contributed by atoms with Crippen LogP contribution in [0.2, 0.25) is 0 Å². The topological polar surface area (TPSA) is 75.7 Å². The number of aryl methyl sites for hydroxylation is 1. The van der Waals surface area contributed by atoms with E-state index in [1.54, 1.807) is 31.4 Å². The van der Waals surface area contributed by atoms with Gasteiger partial charge in [0.1, 0.15) is 5.75 Å². The normalized spacial score (nSPS) is 16.1. The number of methoxy groups -OCH3 is 1. The molecule has 0 bridgehead atoms. The highest BCUT2D eigenvalue weighted by Gasteiger charge is 2.33. The summed E-state index contributed by atoms with van der Waals surface area (Å²) in [6.07, 6.45) is 0.965. The summed E-state index contributed by atoms with van der Waals surface area (Å²) in [5.41, 5.74) is 3.18. The smallest absolute Gasteiger partial charge is 0.243 e. The zero-order valence-electron chi connectivity index (χ0n) is 19.5. The van der Waals surface area contributed by atoms with E-state index in [0.717, 1.165) is 16.7 Å². The Kier molecular flexibility index (Phi) is 7.34. The lowest BCUT2D eigenvalue weighted by Crippen LogP contribution is -2.43. The Hall–Kier alpha value is -3.16. The maximum Gasteiger partial charge on any atom is 0.243 e. The van der Waals surface area contributed by atoms with E-state index in [1.165, 1.54) is 4.31 Å². The van der Waals surface area contributed by atoms with E-state index in [2.05, 4.69) is 5.32 Å². The first-order valence-corrected chi connectivity index (χ1v) is 12.9. The molecule has 3 aromatic rings. The summed E-state index contributed by atoms with van der Waals surface area (Å²) in [6, 6.07) is 24.1. The van der Waals surface area contributed by atoms with Gasteiger partial charge in [-0.3, -0.25) is 4.79 Å². The van der Waals surface area contributed by atoms with Crippen LogP contribution in [0, 0.1) is 12.8 Å². The number of hydrogen-bond donors (Lipinski definition) is 1. The molecule has 0 aliphatic carbocycles. The number of piperidine rings is 1. The van der Waals surface area contributed by atoms with Gasteiger partial charge in [0.2, 0.25) is 15.9 Å². The van der Waals surface area contributed by atoms with Crippen molar-refractivity contribution in [2.75, 3.05) is 20.2 Å². The maximum atomic E-state index is 13.3.